The Bertz CT molecular complexity index is 843. The van der Waals surface area contributed by atoms with Gasteiger partial charge in [0.15, 0.2) is 0 Å². The number of aliphatic hydroxyl groups is 1. The predicted molar refractivity (Wildman–Crippen MR) is 114 cm³/mol. The lowest BCUT2D eigenvalue weighted by atomic mass is 10.1. The van der Waals surface area contributed by atoms with E-state index in [2.05, 4.69) is 5.32 Å². The van der Waals surface area contributed by atoms with Crippen LogP contribution in [0.1, 0.15) is 18.9 Å². The molecule has 7 nitrogen and oxygen atoms in total. The summed E-state index contributed by atoms with van der Waals surface area (Å²) in [4.78, 5) is 28.7. The first-order chi connectivity index (χ1) is 14.6. The third-order valence-corrected chi connectivity index (χ3v) is 5.18. The summed E-state index contributed by atoms with van der Waals surface area (Å²) in [5.41, 5.74) is 1.01. The van der Waals surface area contributed by atoms with Crippen LogP contribution in [0.3, 0.4) is 0 Å². The van der Waals surface area contributed by atoms with Crippen molar-refractivity contribution in [2.75, 3.05) is 32.8 Å². The maximum absolute atomic E-state index is 12.6. The second kappa shape index (κ2) is 10.8. The number of hydrogen-bond donors (Lipinski definition) is 2. The van der Waals surface area contributed by atoms with E-state index in [1.54, 1.807) is 4.90 Å². The van der Waals surface area contributed by atoms with Crippen LogP contribution in [0, 0.1) is 0 Å². The van der Waals surface area contributed by atoms with Crippen molar-refractivity contribution in [3.63, 3.8) is 0 Å². The average Bonchev–Trinajstić information content (AvgIpc) is 2.75. The summed E-state index contributed by atoms with van der Waals surface area (Å²) < 4.78 is 5.91. The summed E-state index contributed by atoms with van der Waals surface area (Å²) in [5, 5.41) is 12.0. The van der Waals surface area contributed by atoms with Crippen molar-refractivity contribution in [3.8, 4) is 11.5 Å². The molecule has 1 fully saturated rings. The fourth-order valence-electron chi connectivity index (χ4n) is 3.61. The van der Waals surface area contributed by atoms with Gasteiger partial charge in [-0.3, -0.25) is 14.5 Å². The third-order valence-electron chi connectivity index (χ3n) is 5.18. The molecule has 2 N–H and O–H groups in total. The van der Waals surface area contributed by atoms with Gasteiger partial charge in [0, 0.05) is 32.7 Å². The molecule has 2 aromatic rings. The molecule has 160 valence electrons. The summed E-state index contributed by atoms with van der Waals surface area (Å²) in [6, 6.07) is 16.8. The zero-order chi connectivity index (χ0) is 21.3. The number of nitrogens with zero attached hydrogens (tertiary/aromatic N) is 2. The van der Waals surface area contributed by atoms with Gasteiger partial charge in [0.05, 0.1) is 19.1 Å². The number of amides is 2. The second-order valence-corrected chi connectivity index (χ2v) is 7.24. The molecule has 1 unspecified atom stereocenters. The normalized spacial score (nSPS) is 16.7. The number of para-hydroxylation sites is 1. The fourth-order valence-corrected chi connectivity index (χ4v) is 3.61. The Morgan fingerprint density at radius 2 is 1.97 bits per heavy atom. The van der Waals surface area contributed by atoms with Gasteiger partial charge in [-0.2, -0.15) is 0 Å². The lowest BCUT2D eigenvalue weighted by molar-refractivity contribution is -0.139. The molecule has 1 aliphatic heterocycles. The van der Waals surface area contributed by atoms with Crippen LogP contribution in [0.25, 0.3) is 0 Å². The lowest BCUT2D eigenvalue weighted by Crippen LogP contribution is -2.56. The summed E-state index contributed by atoms with van der Waals surface area (Å²) in [7, 11) is 0. The van der Waals surface area contributed by atoms with E-state index >= 15 is 0 Å². The number of benzene rings is 2. The fraction of sp³-hybridized carbons (Fsp3) is 0.391. The number of likely N-dealkylation sites (N-methyl/N-ethyl adjacent to an activating group) is 1. The molecule has 2 amide bonds. The smallest absolute Gasteiger partial charge is 0.237 e. The molecule has 3 rings (SSSR count). The van der Waals surface area contributed by atoms with Crippen LogP contribution in [0.15, 0.2) is 54.6 Å². The predicted octanol–water partition coefficient (Wildman–Crippen LogP) is 2.01. The minimum absolute atomic E-state index is 0.0889. The first-order valence-corrected chi connectivity index (χ1v) is 10.3. The van der Waals surface area contributed by atoms with Gasteiger partial charge in [0.25, 0.3) is 0 Å². The number of ether oxygens (including phenoxy) is 1. The van der Waals surface area contributed by atoms with E-state index in [4.69, 9.17) is 9.84 Å². The second-order valence-electron chi connectivity index (χ2n) is 7.24. The molecule has 0 aliphatic carbocycles. The Hall–Kier alpha value is -2.90. The number of aliphatic hydroxyl groups excluding tert-OH is 1. The Labute approximate surface area is 177 Å². The maximum Gasteiger partial charge on any atom is 0.237 e. The molecule has 0 bridgehead atoms. The van der Waals surface area contributed by atoms with E-state index in [9.17, 15) is 9.59 Å². The van der Waals surface area contributed by atoms with E-state index in [1.165, 1.54) is 0 Å². The molecular weight excluding hydrogens is 382 g/mol. The number of rotatable bonds is 9. The average molecular weight is 412 g/mol. The van der Waals surface area contributed by atoms with Gasteiger partial charge < -0.3 is 20.1 Å². The SMILES string of the molecule is CCN(CCO)C(=O)CC1C(=O)NCCN1Cc1cccc(Oc2ccccc2)c1. The van der Waals surface area contributed by atoms with Crippen LogP contribution in [-0.2, 0) is 16.1 Å². The van der Waals surface area contributed by atoms with Gasteiger partial charge in [0.1, 0.15) is 11.5 Å². The topological polar surface area (TPSA) is 82.1 Å². The molecule has 1 aliphatic rings. The molecule has 0 saturated carbocycles. The highest BCUT2D eigenvalue weighted by Gasteiger charge is 2.32. The van der Waals surface area contributed by atoms with E-state index in [0.717, 1.165) is 17.1 Å². The standard InChI is InChI=1S/C23H29N3O4/c1-2-25(13-14-27)22(28)16-21-23(29)24-11-12-26(21)17-18-7-6-10-20(15-18)30-19-8-4-3-5-9-19/h3-10,15,21,27H,2,11-14,16-17H2,1H3,(H,24,29). The third kappa shape index (κ3) is 5.81. The molecule has 30 heavy (non-hydrogen) atoms. The van der Waals surface area contributed by atoms with Crippen molar-refractivity contribution < 1.29 is 19.4 Å². The van der Waals surface area contributed by atoms with Gasteiger partial charge in [-0.15, -0.1) is 0 Å². The van der Waals surface area contributed by atoms with Gasteiger partial charge in [-0.25, -0.2) is 0 Å². The highest BCUT2D eigenvalue weighted by molar-refractivity contribution is 5.88. The van der Waals surface area contributed by atoms with Gasteiger partial charge in [-0.1, -0.05) is 30.3 Å². The maximum atomic E-state index is 12.6. The van der Waals surface area contributed by atoms with Gasteiger partial charge in [-0.05, 0) is 36.8 Å². The monoisotopic (exact) mass is 411 g/mol. The zero-order valence-electron chi connectivity index (χ0n) is 17.3. The Morgan fingerprint density at radius 1 is 1.20 bits per heavy atom. The number of carbonyl (C=O) groups is 2. The van der Waals surface area contributed by atoms with Crippen LogP contribution in [0.4, 0.5) is 0 Å². The molecule has 7 heteroatoms. The van der Waals surface area contributed by atoms with Crippen molar-refractivity contribution in [1.82, 2.24) is 15.1 Å². The molecule has 0 aromatic heterocycles. The van der Waals surface area contributed by atoms with Crippen molar-refractivity contribution in [2.45, 2.75) is 25.9 Å². The summed E-state index contributed by atoms with van der Waals surface area (Å²) in [6.45, 7) is 4.33. The zero-order valence-corrected chi connectivity index (χ0v) is 17.3. The van der Waals surface area contributed by atoms with Crippen molar-refractivity contribution >= 4 is 11.8 Å². The number of carbonyl (C=O) groups excluding carboxylic acids is 2. The molecular formula is C23H29N3O4. The molecule has 1 saturated heterocycles. The summed E-state index contributed by atoms with van der Waals surface area (Å²) in [5.74, 6) is 1.23. The number of nitrogens with one attached hydrogen (secondary N) is 1. The van der Waals surface area contributed by atoms with E-state index in [-0.39, 0.29) is 31.4 Å². The van der Waals surface area contributed by atoms with E-state index in [0.29, 0.717) is 26.2 Å². The number of piperazine rings is 1. The van der Waals surface area contributed by atoms with Crippen LogP contribution < -0.4 is 10.1 Å². The molecule has 1 atom stereocenters. The van der Waals surface area contributed by atoms with E-state index in [1.807, 2.05) is 66.4 Å². The number of hydrogen-bond acceptors (Lipinski definition) is 5. The van der Waals surface area contributed by atoms with Crippen LogP contribution in [-0.4, -0.2) is 65.5 Å². The quantitative estimate of drug-likeness (QED) is 0.660. The molecule has 1 heterocycles. The van der Waals surface area contributed by atoms with Crippen LogP contribution in [0.5, 0.6) is 11.5 Å². The molecule has 0 spiro atoms. The minimum Gasteiger partial charge on any atom is -0.457 e. The highest BCUT2D eigenvalue weighted by atomic mass is 16.5. The van der Waals surface area contributed by atoms with Crippen LogP contribution in [0.2, 0.25) is 0 Å². The summed E-state index contributed by atoms with van der Waals surface area (Å²) >= 11 is 0. The van der Waals surface area contributed by atoms with Crippen molar-refractivity contribution in [1.29, 1.82) is 0 Å². The van der Waals surface area contributed by atoms with E-state index < -0.39 is 6.04 Å². The van der Waals surface area contributed by atoms with Crippen molar-refractivity contribution in [2.24, 2.45) is 0 Å². The Morgan fingerprint density at radius 3 is 2.70 bits per heavy atom. The minimum atomic E-state index is -0.530. The Balaban J connectivity index is 1.69. The van der Waals surface area contributed by atoms with Gasteiger partial charge >= 0.3 is 0 Å². The summed E-state index contributed by atoms with van der Waals surface area (Å²) in [6.07, 6.45) is 0.0971. The molecule has 2 aromatic carbocycles. The van der Waals surface area contributed by atoms with Crippen LogP contribution >= 0.6 is 0 Å². The Kier molecular flexibility index (Phi) is 7.82. The highest BCUT2D eigenvalue weighted by Crippen LogP contribution is 2.23. The largest absolute Gasteiger partial charge is 0.457 e. The first-order valence-electron chi connectivity index (χ1n) is 10.3. The van der Waals surface area contributed by atoms with Crippen molar-refractivity contribution in [3.05, 3.63) is 60.2 Å². The molecule has 0 radical (unpaired) electrons. The lowest BCUT2D eigenvalue weighted by Gasteiger charge is -2.35. The first kappa shape index (κ1) is 21.8. The van der Waals surface area contributed by atoms with Gasteiger partial charge in [0.2, 0.25) is 11.8 Å².